The highest BCUT2D eigenvalue weighted by atomic mass is 79.9. The third-order valence-corrected chi connectivity index (χ3v) is 7.88. The molecule has 3 nitrogen and oxygen atoms in total. The van der Waals surface area contributed by atoms with E-state index in [1.165, 1.54) is 36.4 Å². The van der Waals surface area contributed by atoms with Crippen molar-refractivity contribution in [2.24, 2.45) is 5.92 Å². The topological polar surface area (TPSA) is 51.2 Å². The summed E-state index contributed by atoms with van der Waals surface area (Å²) in [7, 11) is -3.01. The van der Waals surface area contributed by atoms with Crippen molar-refractivity contribution in [2.75, 3.05) is 11.5 Å². The molecule has 0 N–H and O–H groups in total. The minimum atomic E-state index is -4.55. The minimum absolute atomic E-state index is 0.00350. The zero-order valence-electron chi connectivity index (χ0n) is 15.8. The molecule has 0 aromatic heterocycles. The Morgan fingerprint density at radius 3 is 2.26 bits per heavy atom. The number of hydrogen-bond donors (Lipinski definition) is 0. The number of hydrogen-bond acceptors (Lipinski definition) is 3. The number of Topliss-reactive ketones (excluding diaryl/α,β-unsaturated/α-hetero) is 1. The minimum Gasteiger partial charge on any atom is -0.294 e. The normalized spacial score (nSPS) is 17.5. The Bertz CT molecular complexity index is 1110. The van der Waals surface area contributed by atoms with Gasteiger partial charge in [0.25, 0.3) is 0 Å². The quantitative estimate of drug-likeness (QED) is 0.371. The Balaban J connectivity index is 1.79. The number of halogens is 6. The van der Waals surface area contributed by atoms with Crippen LogP contribution in [-0.4, -0.2) is 31.9 Å². The van der Waals surface area contributed by atoms with Gasteiger partial charge in [0.05, 0.1) is 17.4 Å². The molecule has 0 bridgehead atoms. The van der Waals surface area contributed by atoms with Crippen LogP contribution in [0.3, 0.4) is 0 Å². The Morgan fingerprint density at radius 2 is 1.74 bits per heavy atom. The first-order valence-electron chi connectivity index (χ1n) is 9.08. The summed E-state index contributed by atoms with van der Waals surface area (Å²) < 4.78 is 63.7. The van der Waals surface area contributed by atoms with Gasteiger partial charge in [0.1, 0.15) is 0 Å². The summed E-state index contributed by atoms with van der Waals surface area (Å²) in [4.78, 5) is 12.4. The van der Waals surface area contributed by atoms with Gasteiger partial charge in [0.2, 0.25) is 0 Å². The fourth-order valence-electron chi connectivity index (χ4n) is 3.39. The van der Waals surface area contributed by atoms with Gasteiger partial charge in [-0.05, 0) is 47.4 Å². The van der Waals surface area contributed by atoms with Gasteiger partial charge in [-0.25, -0.2) is 8.42 Å². The van der Waals surface area contributed by atoms with Gasteiger partial charge in [0, 0.05) is 26.5 Å². The molecule has 1 atom stereocenters. The molecule has 0 saturated carbocycles. The van der Waals surface area contributed by atoms with Crippen molar-refractivity contribution in [3.8, 4) is 0 Å². The van der Waals surface area contributed by atoms with Gasteiger partial charge in [-0.15, -0.1) is 0 Å². The number of ketones is 1. The summed E-state index contributed by atoms with van der Waals surface area (Å²) in [6.07, 6.45) is -2.13. The van der Waals surface area contributed by atoms with Gasteiger partial charge in [-0.2, -0.15) is 13.2 Å². The molecule has 0 spiro atoms. The Morgan fingerprint density at radius 1 is 1.13 bits per heavy atom. The van der Waals surface area contributed by atoms with Crippen molar-refractivity contribution in [2.45, 2.75) is 18.5 Å². The molecule has 1 saturated heterocycles. The highest BCUT2D eigenvalue weighted by Crippen LogP contribution is 2.38. The van der Waals surface area contributed by atoms with E-state index in [0.717, 1.165) is 6.08 Å². The van der Waals surface area contributed by atoms with Crippen LogP contribution in [0.15, 0.2) is 46.9 Å². The van der Waals surface area contributed by atoms with E-state index in [-0.39, 0.29) is 45.2 Å². The van der Waals surface area contributed by atoms with Crippen molar-refractivity contribution >= 4 is 60.8 Å². The molecule has 31 heavy (non-hydrogen) atoms. The molecular weight excluding hydrogens is 540 g/mol. The van der Waals surface area contributed by atoms with Gasteiger partial charge in [0.15, 0.2) is 15.6 Å². The highest BCUT2D eigenvalue weighted by Gasteiger charge is 2.39. The SMILES string of the molecule is O=C(CC1CS(=O)(=O)C1)c1ccc(/C=C/C(c2cc(Cl)cc(Cl)c2)C(F)(F)F)cc1Br. The maximum absolute atomic E-state index is 13.6. The number of carbonyl (C=O) groups excluding carboxylic acids is 1. The summed E-state index contributed by atoms with van der Waals surface area (Å²) in [5.41, 5.74) is 0.732. The molecular formula is C21H16BrCl2F3O3S. The predicted octanol–water partition coefficient (Wildman–Crippen LogP) is 6.73. The summed E-state index contributed by atoms with van der Waals surface area (Å²) in [6.45, 7) is 0. The molecule has 2 aromatic rings. The number of benzene rings is 2. The lowest BCUT2D eigenvalue weighted by Gasteiger charge is -2.24. The zero-order chi connectivity index (χ0) is 23.0. The first-order valence-corrected chi connectivity index (χ1v) is 12.5. The fourth-order valence-corrected chi connectivity index (χ4v) is 6.13. The first-order chi connectivity index (χ1) is 14.3. The summed E-state index contributed by atoms with van der Waals surface area (Å²) in [6, 6.07) is 8.38. The van der Waals surface area contributed by atoms with E-state index < -0.39 is 21.9 Å². The number of allylic oxidation sites excluding steroid dienone is 1. The molecule has 0 radical (unpaired) electrons. The van der Waals surface area contributed by atoms with Crippen LogP contribution in [0.1, 0.15) is 33.8 Å². The average Bonchev–Trinajstić information content (AvgIpc) is 2.58. The van der Waals surface area contributed by atoms with Crippen LogP contribution in [0.2, 0.25) is 10.0 Å². The lowest BCUT2D eigenvalue weighted by Crippen LogP contribution is -2.37. The van der Waals surface area contributed by atoms with E-state index in [9.17, 15) is 26.4 Å². The molecule has 166 valence electrons. The van der Waals surface area contributed by atoms with Crippen LogP contribution in [0.4, 0.5) is 13.2 Å². The second-order valence-corrected chi connectivity index (χ2v) is 11.3. The smallest absolute Gasteiger partial charge is 0.294 e. The number of sulfone groups is 1. The second kappa shape index (κ2) is 9.25. The third-order valence-electron chi connectivity index (χ3n) is 4.82. The molecule has 3 rings (SSSR count). The van der Waals surface area contributed by atoms with E-state index in [2.05, 4.69) is 15.9 Å². The lowest BCUT2D eigenvalue weighted by atomic mass is 9.96. The predicted molar refractivity (Wildman–Crippen MR) is 120 cm³/mol. The summed E-state index contributed by atoms with van der Waals surface area (Å²) >= 11 is 15.0. The van der Waals surface area contributed by atoms with E-state index in [1.807, 2.05) is 0 Å². The molecule has 1 aliphatic heterocycles. The van der Waals surface area contributed by atoms with Crippen molar-refractivity contribution in [3.63, 3.8) is 0 Å². The van der Waals surface area contributed by atoms with Crippen LogP contribution >= 0.6 is 39.1 Å². The Kier molecular flexibility index (Phi) is 7.25. The average molecular weight is 556 g/mol. The van der Waals surface area contributed by atoms with Crippen molar-refractivity contribution in [3.05, 3.63) is 73.7 Å². The zero-order valence-corrected chi connectivity index (χ0v) is 19.7. The standard InChI is InChI=1S/C21H16BrCl2F3O3S/c22-19-5-12(1-3-17(19)20(28)6-13-10-31(29,30)11-13)2-4-18(21(25,26)27)14-7-15(23)9-16(24)8-14/h1-5,7-9,13,18H,6,10-11H2/b4-2+. The molecule has 2 aromatic carbocycles. The fraction of sp³-hybridized carbons (Fsp3) is 0.286. The van der Waals surface area contributed by atoms with E-state index in [1.54, 1.807) is 6.07 Å². The van der Waals surface area contributed by atoms with Crippen LogP contribution in [0.25, 0.3) is 6.08 Å². The highest BCUT2D eigenvalue weighted by molar-refractivity contribution is 9.10. The van der Waals surface area contributed by atoms with Crippen LogP contribution in [0.5, 0.6) is 0 Å². The molecule has 1 unspecified atom stereocenters. The second-order valence-electron chi connectivity index (χ2n) is 7.39. The van der Waals surface area contributed by atoms with E-state index in [0.29, 0.717) is 15.6 Å². The van der Waals surface area contributed by atoms with Crippen LogP contribution in [0, 0.1) is 5.92 Å². The number of alkyl halides is 3. The lowest BCUT2D eigenvalue weighted by molar-refractivity contribution is -0.139. The van der Waals surface area contributed by atoms with E-state index in [4.69, 9.17) is 23.2 Å². The van der Waals surface area contributed by atoms with Crippen LogP contribution < -0.4 is 0 Å². The third kappa shape index (κ3) is 6.34. The summed E-state index contributed by atoms with van der Waals surface area (Å²) in [5, 5.41) is 0.213. The van der Waals surface area contributed by atoms with Crippen molar-refractivity contribution in [1.29, 1.82) is 0 Å². The maximum atomic E-state index is 13.6. The van der Waals surface area contributed by atoms with Crippen molar-refractivity contribution in [1.82, 2.24) is 0 Å². The largest absolute Gasteiger partial charge is 0.399 e. The van der Waals surface area contributed by atoms with Gasteiger partial charge >= 0.3 is 6.18 Å². The molecule has 1 aliphatic rings. The van der Waals surface area contributed by atoms with E-state index >= 15 is 0 Å². The van der Waals surface area contributed by atoms with Gasteiger partial charge < -0.3 is 0 Å². The molecule has 0 aliphatic carbocycles. The summed E-state index contributed by atoms with van der Waals surface area (Å²) in [5.74, 6) is -2.32. The first kappa shape index (κ1) is 24.3. The maximum Gasteiger partial charge on any atom is 0.399 e. The molecule has 0 amide bonds. The van der Waals surface area contributed by atoms with Gasteiger partial charge in [-0.1, -0.05) is 57.4 Å². The number of rotatable bonds is 6. The number of carbonyl (C=O) groups is 1. The Hall–Kier alpha value is -1.35. The molecule has 1 fully saturated rings. The monoisotopic (exact) mass is 554 g/mol. The van der Waals surface area contributed by atoms with Crippen molar-refractivity contribution < 1.29 is 26.4 Å². The molecule has 1 heterocycles. The van der Waals surface area contributed by atoms with Crippen LogP contribution in [-0.2, 0) is 9.84 Å². The Labute approximate surface area is 196 Å². The molecule has 10 heteroatoms. The van der Waals surface area contributed by atoms with Gasteiger partial charge in [-0.3, -0.25) is 4.79 Å².